The number of carbonyl (C=O) groups excluding carboxylic acids is 1. The number of hydrogen-bond donors (Lipinski definition) is 2. The molecule has 3 aromatic rings. The van der Waals surface area contributed by atoms with Crippen LogP contribution < -0.4 is 5.32 Å². The Hall–Kier alpha value is -2.82. The molecule has 1 aromatic heterocycles. The van der Waals surface area contributed by atoms with Gasteiger partial charge in [0.1, 0.15) is 11.9 Å². The number of hydrogen-bond acceptors (Lipinski definition) is 3. The molecule has 126 valence electrons. The number of anilines is 1. The third-order valence-corrected chi connectivity index (χ3v) is 3.86. The van der Waals surface area contributed by atoms with Gasteiger partial charge in [0.15, 0.2) is 0 Å². The van der Waals surface area contributed by atoms with Gasteiger partial charge in [0.05, 0.1) is 6.26 Å². The van der Waals surface area contributed by atoms with Gasteiger partial charge in [-0.15, -0.1) is 0 Å². The Morgan fingerprint density at radius 3 is 2.64 bits per heavy atom. The number of furan rings is 1. The zero-order chi connectivity index (χ0) is 17.6. The quantitative estimate of drug-likeness (QED) is 0.655. The van der Waals surface area contributed by atoms with Gasteiger partial charge < -0.3 is 14.8 Å². The highest BCUT2D eigenvalue weighted by Crippen LogP contribution is 2.30. The number of amides is 1. The molecule has 1 heterocycles. The van der Waals surface area contributed by atoms with Crippen molar-refractivity contribution in [1.29, 1.82) is 0 Å². The first-order chi connectivity index (χ1) is 12.1. The summed E-state index contributed by atoms with van der Waals surface area (Å²) >= 11 is 6.06. The molecule has 4 nitrogen and oxygen atoms in total. The van der Waals surface area contributed by atoms with Gasteiger partial charge in [0.2, 0.25) is 5.91 Å². The van der Waals surface area contributed by atoms with Crippen LogP contribution in [-0.2, 0) is 4.79 Å². The Morgan fingerprint density at radius 2 is 1.92 bits per heavy atom. The van der Waals surface area contributed by atoms with Gasteiger partial charge in [-0.3, -0.25) is 4.79 Å². The van der Waals surface area contributed by atoms with Crippen LogP contribution in [0.15, 0.2) is 77.4 Å². The molecule has 2 N–H and O–H groups in total. The van der Waals surface area contributed by atoms with E-state index in [1.165, 1.54) is 12.3 Å². The maximum absolute atomic E-state index is 12.1. The van der Waals surface area contributed by atoms with E-state index in [1.807, 2.05) is 30.3 Å². The van der Waals surface area contributed by atoms with Crippen LogP contribution in [0.3, 0.4) is 0 Å². The van der Waals surface area contributed by atoms with Gasteiger partial charge in [0.25, 0.3) is 0 Å². The molecular weight excluding hydrogens is 338 g/mol. The van der Waals surface area contributed by atoms with Crippen molar-refractivity contribution in [3.05, 3.63) is 94.9 Å². The van der Waals surface area contributed by atoms with Crippen LogP contribution in [0, 0.1) is 0 Å². The summed E-state index contributed by atoms with van der Waals surface area (Å²) in [7, 11) is 0. The SMILES string of the molecule is O=C(/C=C/c1ccco1)Nc1ccc(Cl)cc1C(O)c1ccccc1. The lowest BCUT2D eigenvalue weighted by Crippen LogP contribution is -2.12. The minimum atomic E-state index is -0.899. The van der Waals surface area contributed by atoms with Crippen LogP contribution in [-0.4, -0.2) is 11.0 Å². The van der Waals surface area contributed by atoms with Crippen molar-refractivity contribution >= 4 is 29.3 Å². The molecule has 25 heavy (non-hydrogen) atoms. The summed E-state index contributed by atoms with van der Waals surface area (Å²) in [5.74, 6) is 0.246. The Balaban J connectivity index is 1.83. The predicted molar refractivity (Wildman–Crippen MR) is 98.3 cm³/mol. The molecule has 3 rings (SSSR count). The molecule has 0 radical (unpaired) electrons. The van der Waals surface area contributed by atoms with E-state index in [0.29, 0.717) is 27.6 Å². The van der Waals surface area contributed by atoms with Crippen LogP contribution in [0.4, 0.5) is 5.69 Å². The van der Waals surface area contributed by atoms with Crippen molar-refractivity contribution in [3.8, 4) is 0 Å². The first-order valence-electron chi connectivity index (χ1n) is 7.68. The molecule has 0 aliphatic rings. The van der Waals surface area contributed by atoms with E-state index in [-0.39, 0.29) is 5.91 Å². The van der Waals surface area contributed by atoms with Gasteiger partial charge in [0, 0.05) is 22.3 Å². The maximum atomic E-state index is 12.1. The van der Waals surface area contributed by atoms with E-state index in [4.69, 9.17) is 16.0 Å². The number of aliphatic hydroxyl groups excluding tert-OH is 1. The van der Waals surface area contributed by atoms with Gasteiger partial charge in [-0.2, -0.15) is 0 Å². The lowest BCUT2D eigenvalue weighted by atomic mass is 10.00. The highest BCUT2D eigenvalue weighted by molar-refractivity contribution is 6.30. The average molecular weight is 354 g/mol. The second-order valence-electron chi connectivity index (χ2n) is 5.38. The van der Waals surface area contributed by atoms with E-state index in [9.17, 15) is 9.90 Å². The van der Waals surface area contributed by atoms with Crippen LogP contribution in [0.2, 0.25) is 5.02 Å². The highest BCUT2D eigenvalue weighted by atomic mass is 35.5. The van der Waals surface area contributed by atoms with Crippen LogP contribution >= 0.6 is 11.6 Å². The van der Waals surface area contributed by atoms with E-state index in [2.05, 4.69) is 5.32 Å². The zero-order valence-corrected chi connectivity index (χ0v) is 14.0. The van der Waals surface area contributed by atoms with E-state index in [0.717, 1.165) is 0 Å². The third-order valence-electron chi connectivity index (χ3n) is 3.62. The third kappa shape index (κ3) is 4.38. The normalized spacial score (nSPS) is 12.2. The predicted octanol–water partition coefficient (Wildman–Crippen LogP) is 4.67. The van der Waals surface area contributed by atoms with Crippen molar-refractivity contribution in [2.75, 3.05) is 5.32 Å². The monoisotopic (exact) mass is 353 g/mol. The van der Waals surface area contributed by atoms with Crippen LogP contribution in [0.5, 0.6) is 0 Å². The zero-order valence-electron chi connectivity index (χ0n) is 13.2. The number of aliphatic hydroxyl groups is 1. The average Bonchev–Trinajstić information content (AvgIpc) is 3.15. The summed E-state index contributed by atoms with van der Waals surface area (Å²) in [4.78, 5) is 12.1. The van der Waals surface area contributed by atoms with Crippen molar-refractivity contribution in [2.24, 2.45) is 0 Å². The van der Waals surface area contributed by atoms with Crippen molar-refractivity contribution in [3.63, 3.8) is 0 Å². The smallest absolute Gasteiger partial charge is 0.248 e. The minimum Gasteiger partial charge on any atom is -0.465 e. The number of rotatable bonds is 5. The van der Waals surface area contributed by atoms with Gasteiger partial charge in [-0.1, -0.05) is 41.9 Å². The molecule has 0 aliphatic carbocycles. The van der Waals surface area contributed by atoms with Crippen LogP contribution in [0.1, 0.15) is 23.0 Å². The fourth-order valence-electron chi connectivity index (χ4n) is 2.41. The number of halogens is 1. The summed E-state index contributed by atoms with van der Waals surface area (Å²) in [5.41, 5.74) is 1.74. The molecule has 1 atom stereocenters. The molecule has 0 aliphatic heterocycles. The fourth-order valence-corrected chi connectivity index (χ4v) is 2.59. The summed E-state index contributed by atoms with van der Waals surface area (Å²) in [6.45, 7) is 0. The molecule has 0 bridgehead atoms. The van der Waals surface area contributed by atoms with Crippen molar-refractivity contribution in [2.45, 2.75) is 6.10 Å². The summed E-state index contributed by atoms with van der Waals surface area (Å²) in [6.07, 6.45) is 3.57. The minimum absolute atomic E-state index is 0.333. The molecular formula is C20H16ClNO3. The fraction of sp³-hybridized carbons (Fsp3) is 0.0500. The van der Waals surface area contributed by atoms with Gasteiger partial charge in [-0.25, -0.2) is 0 Å². The Kier molecular flexibility index (Phi) is 5.33. The molecule has 0 saturated heterocycles. The van der Waals surface area contributed by atoms with Crippen LogP contribution in [0.25, 0.3) is 6.08 Å². The van der Waals surface area contributed by atoms with E-state index < -0.39 is 6.10 Å². The Labute approximate surface area is 150 Å². The summed E-state index contributed by atoms with van der Waals surface area (Å²) in [6, 6.07) is 17.6. The first kappa shape index (κ1) is 17.0. The summed E-state index contributed by atoms with van der Waals surface area (Å²) in [5, 5.41) is 13.9. The van der Waals surface area contributed by atoms with Gasteiger partial charge >= 0.3 is 0 Å². The number of carbonyl (C=O) groups is 1. The maximum Gasteiger partial charge on any atom is 0.248 e. The Morgan fingerprint density at radius 1 is 1.12 bits per heavy atom. The second-order valence-corrected chi connectivity index (χ2v) is 5.82. The van der Waals surface area contributed by atoms with E-state index >= 15 is 0 Å². The molecule has 5 heteroatoms. The Bertz CT molecular complexity index is 873. The van der Waals surface area contributed by atoms with Gasteiger partial charge in [-0.05, 0) is 42.0 Å². The van der Waals surface area contributed by atoms with E-state index in [1.54, 1.807) is 36.4 Å². The number of benzene rings is 2. The molecule has 2 aromatic carbocycles. The second kappa shape index (κ2) is 7.83. The van der Waals surface area contributed by atoms with Crippen molar-refractivity contribution in [1.82, 2.24) is 0 Å². The molecule has 0 saturated carbocycles. The first-order valence-corrected chi connectivity index (χ1v) is 8.06. The molecule has 1 amide bonds. The lowest BCUT2D eigenvalue weighted by molar-refractivity contribution is -0.111. The largest absolute Gasteiger partial charge is 0.465 e. The number of nitrogens with one attached hydrogen (secondary N) is 1. The standard InChI is InChI=1S/C20H16ClNO3/c21-15-8-10-18(22-19(23)11-9-16-7-4-12-25-16)17(13-15)20(24)14-5-2-1-3-6-14/h1-13,20,24H,(H,22,23)/b11-9+. The topological polar surface area (TPSA) is 62.5 Å². The molecule has 0 spiro atoms. The molecule has 1 unspecified atom stereocenters. The van der Waals surface area contributed by atoms with Crippen molar-refractivity contribution < 1.29 is 14.3 Å². The molecule has 0 fully saturated rings. The lowest BCUT2D eigenvalue weighted by Gasteiger charge is -2.16. The highest BCUT2D eigenvalue weighted by Gasteiger charge is 2.16. The summed E-state index contributed by atoms with van der Waals surface area (Å²) < 4.78 is 5.15.